The van der Waals surface area contributed by atoms with Crippen LogP contribution in [0.2, 0.25) is 0 Å². The summed E-state index contributed by atoms with van der Waals surface area (Å²) in [6.07, 6.45) is 1.11. The van der Waals surface area contributed by atoms with Gasteiger partial charge in [0.25, 0.3) is 0 Å². The Balaban J connectivity index is 2.20. The Morgan fingerprint density at radius 2 is 1.83 bits per heavy atom. The number of rotatable bonds is 9. The van der Waals surface area contributed by atoms with E-state index < -0.39 is 0 Å². The fourth-order valence-corrected chi connectivity index (χ4v) is 1.68. The van der Waals surface area contributed by atoms with Crippen molar-refractivity contribution in [3.8, 4) is 5.75 Å². The summed E-state index contributed by atoms with van der Waals surface area (Å²) in [6.45, 7) is 2.35. The van der Waals surface area contributed by atoms with Crippen LogP contribution in [0.15, 0.2) is 24.3 Å². The molecule has 1 rings (SSSR count). The van der Waals surface area contributed by atoms with Crippen molar-refractivity contribution in [2.45, 2.75) is 12.5 Å². The molecule has 1 aromatic carbocycles. The third-order valence-corrected chi connectivity index (χ3v) is 2.81. The van der Waals surface area contributed by atoms with Gasteiger partial charge in [0.05, 0.1) is 19.8 Å². The van der Waals surface area contributed by atoms with E-state index in [4.69, 9.17) is 14.2 Å². The minimum absolute atomic E-state index is 0.117. The van der Waals surface area contributed by atoms with Crippen LogP contribution in [0.25, 0.3) is 0 Å². The molecule has 0 spiro atoms. The summed E-state index contributed by atoms with van der Waals surface area (Å²) >= 11 is 0. The molecule has 102 valence electrons. The molecule has 0 amide bonds. The van der Waals surface area contributed by atoms with Crippen LogP contribution >= 0.6 is 0 Å². The molecule has 1 unspecified atom stereocenters. The van der Waals surface area contributed by atoms with Gasteiger partial charge in [-0.3, -0.25) is 0 Å². The van der Waals surface area contributed by atoms with Crippen molar-refractivity contribution >= 4 is 0 Å². The van der Waals surface area contributed by atoms with Crippen LogP contribution in [0.1, 0.15) is 5.56 Å². The van der Waals surface area contributed by atoms with Crippen LogP contribution in [0.3, 0.4) is 0 Å². The van der Waals surface area contributed by atoms with Gasteiger partial charge in [-0.15, -0.1) is 0 Å². The summed E-state index contributed by atoms with van der Waals surface area (Å²) in [4.78, 5) is 0. The van der Waals surface area contributed by atoms with Crippen LogP contribution in [0, 0.1) is 0 Å². The van der Waals surface area contributed by atoms with Crippen molar-refractivity contribution in [3.63, 3.8) is 0 Å². The molecule has 0 radical (unpaired) electrons. The molecule has 4 nitrogen and oxygen atoms in total. The minimum Gasteiger partial charge on any atom is -0.497 e. The molecule has 0 aliphatic heterocycles. The fraction of sp³-hybridized carbons (Fsp3) is 0.571. The highest BCUT2D eigenvalue weighted by atomic mass is 16.5. The average molecular weight is 253 g/mol. The number of nitrogens with one attached hydrogen (secondary N) is 1. The zero-order valence-electron chi connectivity index (χ0n) is 11.4. The second-order valence-electron chi connectivity index (χ2n) is 4.12. The predicted octanol–water partition coefficient (Wildman–Crippen LogP) is 1.49. The first-order valence-electron chi connectivity index (χ1n) is 6.15. The number of methoxy groups -OCH3 is 3. The smallest absolute Gasteiger partial charge is 0.118 e. The van der Waals surface area contributed by atoms with Crippen molar-refractivity contribution < 1.29 is 14.2 Å². The standard InChI is InChI=1S/C14H23NO3/c1-16-11-14(18-3)10-15-9-8-12-4-6-13(17-2)7-5-12/h4-7,14-15H,8-11H2,1-3H3. The van der Waals surface area contributed by atoms with Crippen molar-refractivity contribution in [1.29, 1.82) is 0 Å². The van der Waals surface area contributed by atoms with Gasteiger partial charge in [-0.2, -0.15) is 0 Å². The highest BCUT2D eigenvalue weighted by Crippen LogP contribution is 2.11. The average Bonchev–Trinajstić information content (AvgIpc) is 2.43. The normalized spacial score (nSPS) is 12.4. The fourth-order valence-electron chi connectivity index (χ4n) is 1.68. The van der Waals surface area contributed by atoms with Crippen molar-refractivity contribution in [1.82, 2.24) is 5.32 Å². The minimum atomic E-state index is 0.117. The Kier molecular flexibility index (Phi) is 7.41. The second-order valence-corrected chi connectivity index (χ2v) is 4.12. The molecule has 0 heterocycles. The topological polar surface area (TPSA) is 39.7 Å². The molecule has 0 fully saturated rings. The molecule has 18 heavy (non-hydrogen) atoms. The molecule has 0 aliphatic rings. The first-order valence-corrected chi connectivity index (χ1v) is 6.15. The van der Waals surface area contributed by atoms with E-state index in [9.17, 15) is 0 Å². The van der Waals surface area contributed by atoms with Gasteiger partial charge in [0.1, 0.15) is 5.75 Å². The summed E-state index contributed by atoms with van der Waals surface area (Å²) in [5, 5.41) is 3.36. The van der Waals surface area contributed by atoms with Gasteiger partial charge in [-0.1, -0.05) is 12.1 Å². The summed E-state index contributed by atoms with van der Waals surface area (Å²) in [6, 6.07) is 8.14. The van der Waals surface area contributed by atoms with Crippen molar-refractivity contribution in [3.05, 3.63) is 29.8 Å². The van der Waals surface area contributed by atoms with Gasteiger partial charge in [0, 0.05) is 20.8 Å². The molecule has 0 bridgehead atoms. The zero-order chi connectivity index (χ0) is 13.2. The van der Waals surface area contributed by atoms with Crippen LogP contribution in [-0.2, 0) is 15.9 Å². The predicted molar refractivity (Wildman–Crippen MR) is 72.2 cm³/mol. The largest absolute Gasteiger partial charge is 0.497 e. The molecule has 1 aromatic rings. The van der Waals surface area contributed by atoms with E-state index >= 15 is 0 Å². The van der Waals surface area contributed by atoms with E-state index in [2.05, 4.69) is 17.4 Å². The molecule has 4 heteroatoms. The van der Waals surface area contributed by atoms with E-state index in [1.54, 1.807) is 21.3 Å². The van der Waals surface area contributed by atoms with Gasteiger partial charge < -0.3 is 19.5 Å². The van der Waals surface area contributed by atoms with Gasteiger partial charge in [0.15, 0.2) is 0 Å². The lowest BCUT2D eigenvalue weighted by Crippen LogP contribution is -2.32. The van der Waals surface area contributed by atoms with Crippen LogP contribution in [0.5, 0.6) is 5.75 Å². The molecular weight excluding hydrogens is 230 g/mol. The van der Waals surface area contributed by atoms with E-state index in [-0.39, 0.29) is 6.10 Å². The monoisotopic (exact) mass is 253 g/mol. The maximum absolute atomic E-state index is 5.27. The van der Waals surface area contributed by atoms with Gasteiger partial charge in [-0.25, -0.2) is 0 Å². The number of benzene rings is 1. The Bertz CT molecular complexity index is 313. The van der Waals surface area contributed by atoms with Crippen LogP contribution in [-0.4, -0.2) is 47.1 Å². The third-order valence-electron chi connectivity index (χ3n) is 2.81. The second kappa shape index (κ2) is 8.91. The molecule has 0 aliphatic carbocycles. The number of ether oxygens (including phenoxy) is 3. The van der Waals surface area contributed by atoms with Gasteiger partial charge in [-0.05, 0) is 30.7 Å². The van der Waals surface area contributed by atoms with E-state index in [1.807, 2.05) is 12.1 Å². The SMILES string of the molecule is COCC(CNCCc1ccc(OC)cc1)OC. The lowest BCUT2D eigenvalue weighted by atomic mass is 10.1. The Hall–Kier alpha value is -1.10. The van der Waals surface area contributed by atoms with Crippen LogP contribution in [0.4, 0.5) is 0 Å². The molecule has 1 atom stereocenters. The summed E-state index contributed by atoms with van der Waals surface area (Å²) in [5.74, 6) is 0.895. The molecular formula is C14H23NO3. The summed E-state index contributed by atoms with van der Waals surface area (Å²) < 4.78 is 15.4. The Morgan fingerprint density at radius 1 is 1.11 bits per heavy atom. The first kappa shape index (κ1) is 15.0. The highest BCUT2D eigenvalue weighted by molar-refractivity contribution is 5.27. The summed E-state index contributed by atoms with van der Waals surface area (Å²) in [5.41, 5.74) is 1.30. The number of hydrogen-bond acceptors (Lipinski definition) is 4. The number of hydrogen-bond donors (Lipinski definition) is 1. The zero-order valence-corrected chi connectivity index (χ0v) is 11.4. The first-order chi connectivity index (χ1) is 8.80. The molecule has 1 N–H and O–H groups in total. The van der Waals surface area contributed by atoms with E-state index in [1.165, 1.54) is 5.56 Å². The molecule has 0 saturated carbocycles. The van der Waals surface area contributed by atoms with Crippen LogP contribution < -0.4 is 10.1 Å². The highest BCUT2D eigenvalue weighted by Gasteiger charge is 2.05. The Labute approximate surface area is 109 Å². The van der Waals surface area contributed by atoms with E-state index in [0.29, 0.717) is 6.61 Å². The lowest BCUT2D eigenvalue weighted by Gasteiger charge is -2.14. The maximum atomic E-state index is 5.27. The van der Waals surface area contributed by atoms with Gasteiger partial charge >= 0.3 is 0 Å². The third kappa shape index (κ3) is 5.49. The summed E-state index contributed by atoms with van der Waals surface area (Å²) in [7, 11) is 5.06. The van der Waals surface area contributed by atoms with Crippen molar-refractivity contribution in [2.24, 2.45) is 0 Å². The van der Waals surface area contributed by atoms with Crippen molar-refractivity contribution in [2.75, 3.05) is 41.0 Å². The quantitative estimate of drug-likeness (QED) is 0.677. The molecule has 0 saturated heterocycles. The lowest BCUT2D eigenvalue weighted by molar-refractivity contribution is 0.0291. The molecule has 0 aromatic heterocycles. The maximum Gasteiger partial charge on any atom is 0.118 e. The van der Waals surface area contributed by atoms with E-state index in [0.717, 1.165) is 25.3 Å². The Morgan fingerprint density at radius 3 is 2.39 bits per heavy atom. The van der Waals surface area contributed by atoms with Gasteiger partial charge in [0.2, 0.25) is 0 Å².